The van der Waals surface area contributed by atoms with Crippen molar-refractivity contribution in [1.29, 1.82) is 0 Å². The molecule has 1 radical (unpaired) electrons. The van der Waals surface area contributed by atoms with Crippen LogP contribution in [-0.4, -0.2) is 28.0 Å². The molecule has 2 aliphatic rings. The Morgan fingerprint density at radius 3 is 2.09 bits per heavy atom. The number of allylic oxidation sites excluding steroid dienone is 2. The van der Waals surface area contributed by atoms with Crippen LogP contribution in [0.2, 0.25) is 32.2 Å². The monoisotopic (exact) mass is 412 g/mol. The van der Waals surface area contributed by atoms with Gasteiger partial charge >= 0.3 is 21.7 Å². The fourth-order valence-corrected chi connectivity index (χ4v) is 7.24. The minimum Gasteiger partial charge on any atom is -1.00 e. The molecule has 0 aromatic carbocycles. The molecule has 2 unspecified atom stereocenters. The zero-order chi connectivity index (χ0) is 14.6. The number of rotatable bonds is 4. The van der Waals surface area contributed by atoms with E-state index >= 15 is 0 Å². The predicted octanol–water partition coefficient (Wildman–Crippen LogP) is -2.21. The number of halogens is 2. The third-order valence-corrected chi connectivity index (χ3v) is 9.01. The zero-order valence-electron chi connectivity index (χ0n) is 14.9. The third kappa shape index (κ3) is 5.23. The van der Waals surface area contributed by atoms with E-state index in [1.54, 1.807) is 5.20 Å². The second-order valence-corrected chi connectivity index (χ2v) is 16.8. The molecule has 0 spiro atoms. The molecule has 125 valence electrons. The standard InChI is InChI=1S/C15H28NOSi2.2ClH.Ti/c1-9-19(8)12-10-11(17-18(5,6)7)13(14(12)19)16-15(2,3)4;;;/h11,16H,9H2,1-8H3;2*1H;/q-1;;;+3/p-2. The molecule has 1 aliphatic heterocycles. The number of nitrogens with one attached hydrogen (secondary N) is 1. The Kier molecular flexibility index (Phi) is 9.05. The average Bonchev–Trinajstić information content (AvgIpc) is 2.59. The van der Waals surface area contributed by atoms with Crippen molar-refractivity contribution < 1.29 is 51.0 Å². The van der Waals surface area contributed by atoms with E-state index in [0.29, 0.717) is 0 Å². The number of hydrogen-bond donors (Lipinski definition) is 1. The smallest absolute Gasteiger partial charge is 1.00 e. The van der Waals surface area contributed by atoms with Gasteiger partial charge in [-0.15, -0.1) is 0 Å². The van der Waals surface area contributed by atoms with Crippen LogP contribution in [0.15, 0.2) is 16.1 Å². The molecule has 1 fully saturated rings. The molecule has 1 heterocycles. The van der Waals surface area contributed by atoms with Crippen LogP contribution in [0, 0.1) is 6.08 Å². The number of hydrogen-bond acceptors (Lipinski definition) is 2. The molecule has 2 nitrogen and oxygen atoms in total. The Morgan fingerprint density at radius 1 is 1.23 bits per heavy atom. The topological polar surface area (TPSA) is 21.3 Å². The summed E-state index contributed by atoms with van der Waals surface area (Å²) < 4.78 is 6.30. The molecule has 22 heavy (non-hydrogen) atoms. The van der Waals surface area contributed by atoms with Gasteiger partial charge in [0.2, 0.25) is 0 Å². The van der Waals surface area contributed by atoms with E-state index in [4.69, 9.17) is 4.43 Å². The molecular weight excluding hydrogens is 385 g/mol. The summed E-state index contributed by atoms with van der Waals surface area (Å²) >= 11 is 0. The summed E-state index contributed by atoms with van der Waals surface area (Å²) in [4.78, 5) is 0. The van der Waals surface area contributed by atoms with Crippen molar-refractivity contribution >= 4 is 16.4 Å². The van der Waals surface area contributed by atoms with Crippen LogP contribution in [0.25, 0.3) is 0 Å². The Morgan fingerprint density at radius 2 is 1.73 bits per heavy atom. The second-order valence-electron chi connectivity index (χ2n) is 7.98. The molecule has 7 heteroatoms. The Bertz CT molecular complexity index is 469. The fourth-order valence-electron chi connectivity index (χ4n) is 2.74. The van der Waals surface area contributed by atoms with E-state index in [2.05, 4.69) is 65.3 Å². The van der Waals surface area contributed by atoms with Crippen LogP contribution in [0.3, 0.4) is 0 Å². The molecule has 0 amide bonds. The summed E-state index contributed by atoms with van der Waals surface area (Å²) in [5, 5.41) is 6.84. The van der Waals surface area contributed by atoms with Gasteiger partial charge in [0, 0.05) is 11.6 Å². The van der Waals surface area contributed by atoms with Gasteiger partial charge in [0.25, 0.3) is 0 Å². The molecule has 1 aliphatic carbocycles. The first-order valence-electron chi connectivity index (χ1n) is 7.33. The van der Waals surface area contributed by atoms with Crippen LogP contribution >= 0.6 is 0 Å². The predicted molar refractivity (Wildman–Crippen MR) is 87.0 cm³/mol. The fraction of sp³-hybridized carbons (Fsp3) is 0.733. The van der Waals surface area contributed by atoms with E-state index < -0.39 is 16.4 Å². The molecule has 0 saturated carbocycles. The molecule has 2 atom stereocenters. The summed E-state index contributed by atoms with van der Waals surface area (Å²) in [6, 6.07) is 1.29. The normalized spacial score (nSPS) is 26.2. The summed E-state index contributed by atoms with van der Waals surface area (Å²) in [6.45, 7) is 18.2. The Labute approximate surface area is 165 Å². The first-order chi connectivity index (χ1) is 8.48. The summed E-state index contributed by atoms with van der Waals surface area (Å²) in [5.74, 6) is 0. The van der Waals surface area contributed by atoms with E-state index in [1.165, 1.54) is 16.9 Å². The average molecular weight is 413 g/mol. The van der Waals surface area contributed by atoms with E-state index in [0.717, 1.165) is 0 Å². The van der Waals surface area contributed by atoms with Crippen LogP contribution in [0.4, 0.5) is 0 Å². The van der Waals surface area contributed by atoms with Crippen molar-refractivity contribution in [2.45, 2.75) is 71.6 Å². The first-order valence-corrected chi connectivity index (χ1v) is 13.4. The molecule has 2 rings (SSSR count). The van der Waals surface area contributed by atoms with Crippen molar-refractivity contribution in [3.8, 4) is 0 Å². The molecular formula is C15H28Cl2NOSi2Ti. The van der Waals surface area contributed by atoms with E-state index in [-0.39, 0.29) is 58.2 Å². The summed E-state index contributed by atoms with van der Waals surface area (Å²) in [6.07, 6.45) is 3.73. The van der Waals surface area contributed by atoms with Gasteiger partial charge in [0.05, 0.1) is 0 Å². The van der Waals surface area contributed by atoms with Gasteiger partial charge in [0.1, 0.15) is 0 Å². The molecule has 0 bridgehead atoms. The molecule has 1 N–H and O–H groups in total. The van der Waals surface area contributed by atoms with Crippen molar-refractivity contribution in [3.63, 3.8) is 0 Å². The third-order valence-electron chi connectivity index (χ3n) is 3.79. The Hall–Kier alpha value is 0.968. The van der Waals surface area contributed by atoms with Crippen molar-refractivity contribution in [3.05, 3.63) is 22.2 Å². The van der Waals surface area contributed by atoms with E-state index in [1.807, 2.05) is 0 Å². The molecule has 0 aromatic rings. The van der Waals surface area contributed by atoms with Gasteiger partial charge in [-0.3, -0.25) is 0 Å². The molecule has 0 aromatic heterocycles. The minimum atomic E-state index is -1.54. The Balaban J connectivity index is 0. The minimum absolute atomic E-state index is 0. The largest absolute Gasteiger partial charge is 3.00 e. The van der Waals surface area contributed by atoms with Crippen molar-refractivity contribution in [2.75, 3.05) is 0 Å². The van der Waals surface area contributed by atoms with Gasteiger partial charge in [-0.05, 0) is 48.5 Å². The van der Waals surface area contributed by atoms with Gasteiger partial charge in [-0.25, -0.2) is 11.3 Å². The maximum Gasteiger partial charge on any atom is 3.00 e. The van der Waals surface area contributed by atoms with Crippen LogP contribution in [0.1, 0.15) is 27.7 Å². The zero-order valence-corrected chi connectivity index (χ0v) is 20.0. The summed E-state index contributed by atoms with van der Waals surface area (Å²) in [7, 11) is -2.79. The van der Waals surface area contributed by atoms with Gasteiger partial charge in [-0.1, -0.05) is 25.2 Å². The van der Waals surface area contributed by atoms with E-state index in [9.17, 15) is 0 Å². The quantitative estimate of drug-likeness (QED) is 0.417. The van der Waals surface area contributed by atoms with Gasteiger partial charge in [0.15, 0.2) is 8.32 Å². The van der Waals surface area contributed by atoms with Crippen molar-refractivity contribution in [2.24, 2.45) is 0 Å². The SMILES string of the molecule is CC[Si]1(C)C2=[C-]C(O[Si](C)(C)C)C(NC(C)(C)C)=C21.[Cl-].[Cl-].[Ti+3]. The van der Waals surface area contributed by atoms with Crippen LogP contribution in [-0.2, 0) is 26.1 Å². The first kappa shape index (κ1) is 25.2. The summed E-state index contributed by atoms with van der Waals surface area (Å²) in [5.41, 5.74) is 1.42. The van der Waals surface area contributed by atoms with Crippen LogP contribution < -0.4 is 30.1 Å². The number of fused-ring (bicyclic) bond motifs is 1. The van der Waals surface area contributed by atoms with Crippen molar-refractivity contribution in [1.82, 2.24) is 5.32 Å². The second kappa shape index (κ2) is 7.90. The van der Waals surface area contributed by atoms with Gasteiger partial charge in [-0.2, -0.15) is 5.20 Å². The maximum absolute atomic E-state index is 6.30. The van der Waals surface area contributed by atoms with Crippen LogP contribution in [0.5, 0.6) is 0 Å². The maximum atomic E-state index is 6.30. The molecule has 1 saturated heterocycles. The van der Waals surface area contributed by atoms with Gasteiger partial charge < -0.3 is 34.6 Å².